The van der Waals surface area contributed by atoms with Crippen LogP contribution in [0.2, 0.25) is 5.02 Å². The van der Waals surface area contributed by atoms with Gasteiger partial charge in [-0.05, 0) is 38.8 Å². The lowest BCUT2D eigenvalue weighted by Crippen LogP contribution is -2.19. The minimum atomic E-state index is -0.952. The van der Waals surface area contributed by atoms with E-state index in [1.165, 1.54) is 0 Å². The van der Waals surface area contributed by atoms with E-state index >= 15 is 0 Å². The lowest BCUT2D eigenvalue weighted by Gasteiger charge is -2.24. The fourth-order valence-corrected chi connectivity index (χ4v) is 2.11. The van der Waals surface area contributed by atoms with Crippen LogP contribution >= 0.6 is 11.6 Å². The predicted molar refractivity (Wildman–Crippen MR) is 62.7 cm³/mol. The van der Waals surface area contributed by atoms with Crippen molar-refractivity contribution < 1.29 is 9.84 Å². The molecule has 84 valence electrons. The van der Waals surface area contributed by atoms with Gasteiger partial charge in [0.05, 0.1) is 17.7 Å². The van der Waals surface area contributed by atoms with Crippen molar-refractivity contribution in [2.45, 2.75) is 33.3 Å². The van der Waals surface area contributed by atoms with E-state index in [4.69, 9.17) is 16.3 Å². The zero-order valence-corrected chi connectivity index (χ0v) is 10.6. The van der Waals surface area contributed by atoms with Gasteiger partial charge < -0.3 is 9.84 Å². The molecule has 0 heterocycles. The summed E-state index contributed by atoms with van der Waals surface area (Å²) >= 11 is 6.14. The molecule has 0 aliphatic carbocycles. The lowest BCUT2D eigenvalue weighted by molar-refractivity contribution is 0.0749. The second kappa shape index (κ2) is 4.03. The molecule has 0 saturated carbocycles. The van der Waals surface area contributed by atoms with E-state index in [1.54, 1.807) is 21.0 Å². The van der Waals surface area contributed by atoms with Crippen LogP contribution in [-0.2, 0) is 5.60 Å². The van der Waals surface area contributed by atoms with Crippen LogP contribution in [0.3, 0.4) is 0 Å². The topological polar surface area (TPSA) is 29.5 Å². The van der Waals surface area contributed by atoms with Crippen LogP contribution in [0.25, 0.3) is 0 Å². The SMILES string of the molecule is COc1c(Cl)c(C)cc(C)c1C(C)(C)O. The van der Waals surface area contributed by atoms with E-state index in [1.807, 2.05) is 19.9 Å². The summed E-state index contributed by atoms with van der Waals surface area (Å²) in [6.45, 7) is 7.32. The molecule has 1 aromatic rings. The van der Waals surface area contributed by atoms with Crippen LogP contribution in [0.5, 0.6) is 5.75 Å². The first-order valence-electron chi connectivity index (χ1n) is 4.85. The van der Waals surface area contributed by atoms with Crippen LogP contribution in [-0.4, -0.2) is 12.2 Å². The fraction of sp³-hybridized carbons (Fsp3) is 0.500. The van der Waals surface area contributed by atoms with Crippen molar-refractivity contribution >= 4 is 11.6 Å². The summed E-state index contributed by atoms with van der Waals surface area (Å²) < 4.78 is 5.27. The van der Waals surface area contributed by atoms with E-state index in [2.05, 4.69) is 0 Å². The summed E-state index contributed by atoms with van der Waals surface area (Å²) in [4.78, 5) is 0. The van der Waals surface area contributed by atoms with E-state index in [-0.39, 0.29) is 0 Å². The molecule has 1 aromatic carbocycles. The zero-order valence-electron chi connectivity index (χ0n) is 9.81. The first-order valence-corrected chi connectivity index (χ1v) is 5.23. The molecule has 1 N–H and O–H groups in total. The summed E-state index contributed by atoms with van der Waals surface area (Å²) in [6, 6.07) is 1.96. The van der Waals surface area contributed by atoms with Crippen molar-refractivity contribution in [3.63, 3.8) is 0 Å². The Kier molecular flexibility index (Phi) is 3.31. The predicted octanol–water partition coefficient (Wildman–Crippen LogP) is 3.19. The number of rotatable bonds is 2. The molecular formula is C12H17ClO2. The maximum atomic E-state index is 10.1. The largest absolute Gasteiger partial charge is 0.495 e. The van der Waals surface area contributed by atoms with Gasteiger partial charge in [0.25, 0.3) is 0 Å². The normalized spacial score (nSPS) is 11.7. The average molecular weight is 229 g/mol. The number of methoxy groups -OCH3 is 1. The highest BCUT2D eigenvalue weighted by Crippen LogP contribution is 2.39. The first-order chi connectivity index (χ1) is 6.79. The van der Waals surface area contributed by atoms with Crippen molar-refractivity contribution in [3.05, 3.63) is 27.8 Å². The van der Waals surface area contributed by atoms with E-state index in [9.17, 15) is 5.11 Å². The van der Waals surface area contributed by atoms with Crippen molar-refractivity contribution in [1.29, 1.82) is 0 Å². The standard InChI is InChI=1S/C12H17ClO2/c1-7-6-8(2)10(13)11(15-5)9(7)12(3,4)14/h6,14H,1-5H3. The molecule has 0 radical (unpaired) electrons. The van der Waals surface area contributed by atoms with E-state index in [0.29, 0.717) is 10.8 Å². The summed E-state index contributed by atoms with van der Waals surface area (Å²) in [5.74, 6) is 0.571. The monoisotopic (exact) mass is 228 g/mol. The molecular weight excluding hydrogens is 212 g/mol. The van der Waals surface area contributed by atoms with Gasteiger partial charge >= 0.3 is 0 Å². The van der Waals surface area contributed by atoms with Gasteiger partial charge in [-0.3, -0.25) is 0 Å². The van der Waals surface area contributed by atoms with Crippen LogP contribution in [0.15, 0.2) is 6.07 Å². The number of benzene rings is 1. The summed E-state index contributed by atoms with van der Waals surface area (Å²) in [5, 5.41) is 10.6. The van der Waals surface area contributed by atoms with Crippen molar-refractivity contribution in [3.8, 4) is 5.75 Å². The third-order valence-corrected chi connectivity index (χ3v) is 2.89. The molecule has 0 fully saturated rings. The Morgan fingerprint density at radius 3 is 2.20 bits per heavy atom. The quantitative estimate of drug-likeness (QED) is 0.843. The number of hydrogen-bond acceptors (Lipinski definition) is 2. The minimum Gasteiger partial charge on any atom is -0.495 e. The molecule has 0 unspecified atom stereocenters. The number of aliphatic hydroxyl groups is 1. The summed E-state index contributed by atoms with van der Waals surface area (Å²) in [6.07, 6.45) is 0. The lowest BCUT2D eigenvalue weighted by atomic mass is 9.91. The van der Waals surface area contributed by atoms with Gasteiger partial charge in [-0.2, -0.15) is 0 Å². The Hall–Kier alpha value is -0.730. The molecule has 0 atom stereocenters. The highest BCUT2D eigenvalue weighted by molar-refractivity contribution is 6.33. The highest BCUT2D eigenvalue weighted by Gasteiger charge is 2.25. The molecule has 3 heteroatoms. The number of hydrogen-bond donors (Lipinski definition) is 1. The second-order valence-corrected chi connectivity index (χ2v) is 4.67. The molecule has 0 spiro atoms. The third kappa shape index (κ3) is 2.27. The van der Waals surface area contributed by atoms with Crippen molar-refractivity contribution in [2.75, 3.05) is 7.11 Å². The Balaban J connectivity index is 3.57. The summed E-state index contributed by atoms with van der Waals surface area (Å²) in [5.41, 5.74) is 1.74. The Morgan fingerprint density at radius 1 is 1.27 bits per heavy atom. The van der Waals surface area contributed by atoms with Crippen LogP contribution in [0.4, 0.5) is 0 Å². The van der Waals surface area contributed by atoms with Gasteiger partial charge in [-0.1, -0.05) is 17.7 Å². The number of halogens is 1. The van der Waals surface area contributed by atoms with Crippen molar-refractivity contribution in [1.82, 2.24) is 0 Å². The molecule has 1 rings (SSSR count). The number of ether oxygens (including phenoxy) is 1. The Bertz CT molecular complexity index is 378. The van der Waals surface area contributed by atoms with Gasteiger partial charge in [0.2, 0.25) is 0 Å². The highest BCUT2D eigenvalue weighted by atomic mass is 35.5. The molecule has 0 amide bonds. The van der Waals surface area contributed by atoms with Crippen LogP contribution in [0.1, 0.15) is 30.5 Å². The molecule has 0 bridgehead atoms. The Labute approximate surface area is 95.8 Å². The molecule has 15 heavy (non-hydrogen) atoms. The smallest absolute Gasteiger partial charge is 0.144 e. The Morgan fingerprint density at radius 2 is 1.80 bits per heavy atom. The van der Waals surface area contributed by atoms with E-state index < -0.39 is 5.60 Å². The van der Waals surface area contributed by atoms with Crippen molar-refractivity contribution in [2.24, 2.45) is 0 Å². The second-order valence-electron chi connectivity index (χ2n) is 4.29. The van der Waals surface area contributed by atoms with Gasteiger partial charge in [0, 0.05) is 5.56 Å². The van der Waals surface area contributed by atoms with Gasteiger partial charge in [-0.25, -0.2) is 0 Å². The molecule has 0 aliphatic heterocycles. The number of aryl methyl sites for hydroxylation is 2. The summed E-state index contributed by atoms with van der Waals surface area (Å²) in [7, 11) is 1.56. The third-order valence-electron chi connectivity index (χ3n) is 2.42. The fourth-order valence-electron chi connectivity index (χ4n) is 1.88. The zero-order chi connectivity index (χ0) is 11.8. The molecule has 2 nitrogen and oxygen atoms in total. The van der Waals surface area contributed by atoms with Gasteiger partial charge in [-0.15, -0.1) is 0 Å². The molecule has 0 saturated heterocycles. The van der Waals surface area contributed by atoms with Gasteiger partial charge in [0.15, 0.2) is 0 Å². The minimum absolute atomic E-state index is 0.570. The van der Waals surface area contributed by atoms with E-state index in [0.717, 1.165) is 16.7 Å². The first kappa shape index (κ1) is 12.3. The van der Waals surface area contributed by atoms with Crippen LogP contribution in [0, 0.1) is 13.8 Å². The maximum Gasteiger partial charge on any atom is 0.144 e. The molecule has 0 aliphatic rings. The average Bonchev–Trinajstić information content (AvgIpc) is 2.08. The van der Waals surface area contributed by atoms with Gasteiger partial charge in [0.1, 0.15) is 5.75 Å². The molecule has 0 aromatic heterocycles. The maximum absolute atomic E-state index is 10.1. The van der Waals surface area contributed by atoms with Crippen LogP contribution < -0.4 is 4.74 Å².